The van der Waals surface area contributed by atoms with Gasteiger partial charge in [0.15, 0.2) is 0 Å². The van der Waals surface area contributed by atoms with E-state index in [-0.39, 0.29) is 4.90 Å². The summed E-state index contributed by atoms with van der Waals surface area (Å²) in [6, 6.07) is 6.25. The maximum absolute atomic E-state index is 12.9. The number of anilines is 1. The molecular formula is C22H26N6O3S. The average Bonchev–Trinajstić information content (AvgIpc) is 3.35. The van der Waals surface area contributed by atoms with Crippen molar-refractivity contribution in [3.8, 4) is 5.75 Å². The van der Waals surface area contributed by atoms with Crippen molar-refractivity contribution in [1.29, 1.82) is 0 Å². The van der Waals surface area contributed by atoms with Crippen molar-refractivity contribution < 1.29 is 13.2 Å². The molecule has 0 aliphatic carbocycles. The molecule has 0 bridgehead atoms. The largest absolute Gasteiger partial charge is 0.495 e. The SMILES string of the molecule is COc1cc2c(cc1N1CCN(S(=O)(=O)c3cnn(C)c3)CC1)c1ccnc(C)c1n2C. The molecule has 168 valence electrons. The highest BCUT2D eigenvalue weighted by Gasteiger charge is 2.30. The molecule has 5 rings (SSSR count). The van der Waals surface area contributed by atoms with Crippen LogP contribution >= 0.6 is 0 Å². The Morgan fingerprint density at radius 3 is 2.47 bits per heavy atom. The Kier molecular flexibility index (Phi) is 4.86. The molecule has 9 nitrogen and oxygen atoms in total. The van der Waals surface area contributed by atoms with E-state index in [0.717, 1.165) is 38.9 Å². The minimum atomic E-state index is -3.55. The van der Waals surface area contributed by atoms with Gasteiger partial charge in [0.25, 0.3) is 0 Å². The van der Waals surface area contributed by atoms with Gasteiger partial charge in [-0.25, -0.2) is 8.42 Å². The summed E-state index contributed by atoms with van der Waals surface area (Å²) in [4.78, 5) is 6.87. The molecule has 0 N–H and O–H groups in total. The first-order chi connectivity index (χ1) is 15.3. The third kappa shape index (κ3) is 3.13. The van der Waals surface area contributed by atoms with Crippen LogP contribution in [0.1, 0.15) is 5.69 Å². The number of methoxy groups -OCH3 is 1. The third-order valence-corrected chi connectivity index (χ3v) is 8.14. The fourth-order valence-corrected chi connectivity index (χ4v) is 6.04. The van der Waals surface area contributed by atoms with Crippen LogP contribution in [0, 0.1) is 6.92 Å². The minimum Gasteiger partial charge on any atom is -0.495 e. The lowest BCUT2D eigenvalue weighted by molar-refractivity contribution is 0.378. The van der Waals surface area contributed by atoms with Gasteiger partial charge in [0.05, 0.1) is 35.7 Å². The molecule has 3 aromatic heterocycles. The molecule has 4 heterocycles. The second-order valence-corrected chi connectivity index (χ2v) is 10.1. The first-order valence-corrected chi connectivity index (χ1v) is 11.9. The Labute approximate surface area is 186 Å². The van der Waals surface area contributed by atoms with Gasteiger partial charge in [-0.2, -0.15) is 9.40 Å². The second-order valence-electron chi connectivity index (χ2n) is 8.13. The topological polar surface area (TPSA) is 85.5 Å². The molecule has 0 radical (unpaired) electrons. The number of pyridine rings is 1. The summed E-state index contributed by atoms with van der Waals surface area (Å²) >= 11 is 0. The molecule has 10 heteroatoms. The van der Waals surface area contributed by atoms with Gasteiger partial charge >= 0.3 is 0 Å². The summed E-state index contributed by atoms with van der Waals surface area (Å²) in [5, 5.41) is 6.29. The number of rotatable bonds is 4. The van der Waals surface area contributed by atoms with Crippen molar-refractivity contribution in [2.75, 3.05) is 38.2 Å². The monoisotopic (exact) mass is 454 g/mol. The number of hydrogen-bond acceptors (Lipinski definition) is 6. The van der Waals surface area contributed by atoms with E-state index >= 15 is 0 Å². The Morgan fingerprint density at radius 1 is 1.06 bits per heavy atom. The number of aryl methyl sites for hydroxylation is 3. The van der Waals surface area contributed by atoms with Crippen molar-refractivity contribution >= 4 is 37.5 Å². The summed E-state index contributed by atoms with van der Waals surface area (Å²) in [5.41, 5.74) is 4.14. The van der Waals surface area contributed by atoms with Crippen LogP contribution in [0.25, 0.3) is 21.8 Å². The summed E-state index contributed by atoms with van der Waals surface area (Å²) in [6.45, 7) is 3.97. The molecule has 1 aliphatic rings. The fraction of sp³-hybridized carbons (Fsp3) is 0.364. The van der Waals surface area contributed by atoms with Crippen LogP contribution < -0.4 is 9.64 Å². The first-order valence-electron chi connectivity index (χ1n) is 10.5. The number of nitrogens with zero attached hydrogens (tertiary/aromatic N) is 6. The van der Waals surface area contributed by atoms with Crippen LogP contribution in [0.15, 0.2) is 41.7 Å². The van der Waals surface area contributed by atoms with Gasteiger partial charge in [0, 0.05) is 69.5 Å². The molecule has 1 aromatic carbocycles. The van der Waals surface area contributed by atoms with Crippen molar-refractivity contribution in [3.63, 3.8) is 0 Å². The second kappa shape index (κ2) is 7.49. The Bertz CT molecular complexity index is 1430. The first kappa shape index (κ1) is 20.8. The van der Waals surface area contributed by atoms with Crippen molar-refractivity contribution in [3.05, 3.63) is 42.5 Å². The molecule has 4 aromatic rings. The number of aromatic nitrogens is 4. The fourth-order valence-electron chi connectivity index (χ4n) is 4.63. The zero-order chi connectivity index (χ0) is 22.6. The Hall–Kier alpha value is -3.11. The summed E-state index contributed by atoms with van der Waals surface area (Å²) in [5.74, 6) is 0.776. The van der Waals surface area contributed by atoms with Gasteiger partial charge in [0.1, 0.15) is 10.6 Å². The molecule has 0 saturated carbocycles. The number of benzene rings is 1. The molecular weight excluding hydrogens is 428 g/mol. The van der Waals surface area contributed by atoms with Crippen LogP contribution in [0.2, 0.25) is 0 Å². The van der Waals surface area contributed by atoms with Crippen molar-refractivity contribution in [2.45, 2.75) is 11.8 Å². The third-order valence-electron chi connectivity index (χ3n) is 6.29. The molecule has 0 atom stereocenters. The predicted octanol–water partition coefficient (Wildman–Crippen LogP) is 2.29. The van der Waals surface area contributed by atoms with Crippen LogP contribution in [-0.2, 0) is 24.1 Å². The van der Waals surface area contributed by atoms with Crippen LogP contribution in [0.5, 0.6) is 5.75 Å². The number of sulfonamides is 1. The summed E-state index contributed by atoms with van der Waals surface area (Å²) in [6.07, 6.45) is 4.77. The van der Waals surface area contributed by atoms with E-state index in [1.165, 1.54) is 21.4 Å². The zero-order valence-corrected chi connectivity index (χ0v) is 19.4. The highest BCUT2D eigenvalue weighted by Crippen LogP contribution is 2.38. The van der Waals surface area contributed by atoms with E-state index in [9.17, 15) is 8.42 Å². The molecule has 32 heavy (non-hydrogen) atoms. The van der Waals surface area contributed by atoms with Gasteiger partial charge in [-0.3, -0.25) is 9.67 Å². The molecule has 0 spiro atoms. The summed E-state index contributed by atoms with van der Waals surface area (Å²) in [7, 11) is 1.88. The molecule has 1 aliphatic heterocycles. The maximum Gasteiger partial charge on any atom is 0.246 e. The van der Waals surface area contributed by atoms with Gasteiger partial charge < -0.3 is 14.2 Å². The number of hydrogen-bond donors (Lipinski definition) is 0. The van der Waals surface area contributed by atoms with E-state index in [0.29, 0.717) is 26.2 Å². The van der Waals surface area contributed by atoms with Gasteiger partial charge in [-0.05, 0) is 19.1 Å². The normalized spacial score (nSPS) is 15.7. The van der Waals surface area contributed by atoms with Gasteiger partial charge in [-0.1, -0.05) is 0 Å². The van der Waals surface area contributed by atoms with E-state index in [1.807, 2.05) is 26.2 Å². The average molecular weight is 455 g/mol. The van der Waals surface area contributed by atoms with Gasteiger partial charge in [0.2, 0.25) is 10.0 Å². The minimum absolute atomic E-state index is 0.229. The van der Waals surface area contributed by atoms with Crippen molar-refractivity contribution in [1.82, 2.24) is 23.6 Å². The number of ether oxygens (including phenoxy) is 1. The van der Waals surface area contributed by atoms with E-state index < -0.39 is 10.0 Å². The number of fused-ring (bicyclic) bond motifs is 3. The van der Waals surface area contributed by atoms with Gasteiger partial charge in [-0.15, -0.1) is 0 Å². The predicted molar refractivity (Wildman–Crippen MR) is 124 cm³/mol. The lowest BCUT2D eigenvalue weighted by Gasteiger charge is -2.35. The summed E-state index contributed by atoms with van der Waals surface area (Å²) < 4.78 is 36.8. The van der Waals surface area contributed by atoms with E-state index in [1.54, 1.807) is 14.2 Å². The zero-order valence-electron chi connectivity index (χ0n) is 18.6. The standard InChI is InChI=1S/C22H26N6O3S/c1-15-22-17(5-6-23-15)18-11-20(21(31-4)12-19(18)26(22)3)27-7-9-28(10-8-27)32(29,30)16-13-24-25(2)14-16/h5-6,11-14H,7-10H2,1-4H3. The Morgan fingerprint density at radius 2 is 1.81 bits per heavy atom. The lowest BCUT2D eigenvalue weighted by atomic mass is 10.1. The number of piperazine rings is 1. The highest BCUT2D eigenvalue weighted by atomic mass is 32.2. The molecule has 1 saturated heterocycles. The molecule has 0 amide bonds. The van der Waals surface area contributed by atoms with E-state index in [4.69, 9.17) is 4.74 Å². The smallest absolute Gasteiger partial charge is 0.246 e. The van der Waals surface area contributed by atoms with E-state index in [2.05, 4.69) is 31.7 Å². The molecule has 1 fully saturated rings. The maximum atomic E-state index is 12.9. The lowest BCUT2D eigenvalue weighted by Crippen LogP contribution is -2.48. The quantitative estimate of drug-likeness (QED) is 0.470. The molecule has 0 unspecified atom stereocenters. The Balaban J connectivity index is 1.49. The highest BCUT2D eigenvalue weighted by molar-refractivity contribution is 7.89. The van der Waals surface area contributed by atoms with Crippen LogP contribution in [0.3, 0.4) is 0 Å². The van der Waals surface area contributed by atoms with Crippen molar-refractivity contribution in [2.24, 2.45) is 14.1 Å². The van der Waals surface area contributed by atoms with Crippen LogP contribution in [0.4, 0.5) is 5.69 Å². The van der Waals surface area contributed by atoms with Crippen LogP contribution in [-0.4, -0.2) is 65.3 Å².